The van der Waals surface area contributed by atoms with Crippen LogP contribution in [0.3, 0.4) is 0 Å². The van der Waals surface area contributed by atoms with E-state index >= 15 is 0 Å². The first-order valence-corrected chi connectivity index (χ1v) is 13.3. The molecule has 0 radical (unpaired) electrons. The average molecular weight is 507 g/mol. The molecule has 0 N–H and O–H groups in total. The first-order valence-electron chi connectivity index (χ1n) is 13.3. The van der Waals surface area contributed by atoms with Gasteiger partial charge in [0.25, 0.3) is 0 Å². The fourth-order valence-electron chi connectivity index (χ4n) is 7.02. The van der Waals surface area contributed by atoms with Crippen LogP contribution in [0.25, 0.3) is 48.2 Å². The van der Waals surface area contributed by atoms with Gasteiger partial charge in [0.15, 0.2) is 5.69 Å². The van der Waals surface area contributed by atoms with Gasteiger partial charge in [-0.3, -0.25) is 0 Å². The van der Waals surface area contributed by atoms with Crippen molar-refractivity contribution in [2.45, 2.75) is 11.8 Å². The minimum absolute atomic E-state index is 0.0870. The molecule has 0 saturated carbocycles. The number of nitriles is 1. The normalized spacial score (nSPS) is 16.4. The predicted octanol–water partition coefficient (Wildman–Crippen LogP) is 8.50. The van der Waals surface area contributed by atoms with Crippen LogP contribution in [0.4, 0.5) is 5.69 Å². The lowest BCUT2D eigenvalue weighted by Crippen LogP contribution is -2.29. The van der Waals surface area contributed by atoms with Crippen LogP contribution < -0.4 is 0 Å². The molecule has 0 amide bonds. The molecule has 0 saturated heterocycles. The smallest absolute Gasteiger partial charge is 0.195 e. The van der Waals surface area contributed by atoms with Crippen molar-refractivity contribution in [2.75, 3.05) is 0 Å². The Balaban J connectivity index is 1.31. The highest BCUT2D eigenvalue weighted by molar-refractivity contribution is 6.10. The molecule has 10 rings (SSSR count). The Morgan fingerprint density at radius 1 is 0.600 bits per heavy atom. The van der Waals surface area contributed by atoms with E-state index in [1.165, 1.54) is 22.3 Å². The topological polar surface area (TPSA) is 53.9 Å². The van der Waals surface area contributed by atoms with Crippen LogP contribution in [-0.4, -0.2) is 9.97 Å². The third kappa shape index (κ3) is 2.67. The fraction of sp³-hybridized carbons (Fsp3) is 0.0556. The molecule has 40 heavy (non-hydrogen) atoms. The van der Waals surface area contributed by atoms with Crippen LogP contribution in [0.2, 0.25) is 0 Å². The van der Waals surface area contributed by atoms with E-state index in [1.807, 2.05) is 12.1 Å². The highest BCUT2D eigenvalue weighted by atomic mass is 14.9. The van der Waals surface area contributed by atoms with Crippen molar-refractivity contribution in [1.82, 2.24) is 9.97 Å². The van der Waals surface area contributed by atoms with Crippen molar-refractivity contribution in [3.05, 3.63) is 148 Å². The second-order valence-corrected chi connectivity index (χ2v) is 10.8. The summed E-state index contributed by atoms with van der Waals surface area (Å²) in [4.78, 5) is 14.3. The molecule has 0 unspecified atom stereocenters. The summed E-state index contributed by atoms with van der Waals surface area (Å²) in [5.41, 5.74) is 10.4. The molecule has 6 aromatic carbocycles. The van der Waals surface area contributed by atoms with E-state index in [4.69, 9.17) is 16.5 Å². The molecule has 7 aromatic rings. The molecule has 3 aliphatic carbocycles. The van der Waals surface area contributed by atoms with E-state index in [0.717, 1.165) is 54.7 Å². The SMILES string of the molecule is [C-]#[N+]c1ccc(C#N)c2cc3cc4cc5nc6c(nc5cc4cc3cc12)C1c2ccccc2C6c2ccccc21. The molecule has 3 aliphatic rings. The average Bonchev–Trinajstić information content (AvgIpc) is 3.00. The fourth-order valence-corrected chi connectivity index (χ4v) is 7.02. The molecular formula is C36H18N4. The number of rotatable bonds is 0. The van der Waals surface area contributed by atoms with Crippen molar-refractivity contribution < 1.29 is 0 Å². The Labute approximate surface area is 229 Å². The van der Waals surface area contributed by atoms with Gasteiger partial charge in [-0.2, -0.15) is 5.26 Å². The molecule has 0 atom stereocenters. The molecule has 182 valence electrons. The molecule has 0 aliphatic heterocycles. The van der Waals surface area contributed by atoms with Crippen molar-refractivity contribution >= 4 is 49.0 Å². The van der Waals surface area contributed by atoms with Crippen LogP contribution in [0.15, 0.2) is 97.1 Å². The summed E-state index contributed by atoms with van der Waals surface area (Å²) in [5.74, 6) is 0.174. The van der Waals surface area contributed by atoms with Gasteiger partial charge < -0.3 is 0 Å². The predicted molar refractivity (Wildman–Crippen MR) is 158 cm³/mol. The molecule has 1 aromatic heterocycles. The first kappa shape index (κ1) is 21.4. The van der Waals surface area contributed by atoms with Crippen molar-refractivity contribution in [3.8, 4) is 6.07 Å². The summed E-state index contributed by atoms with van der Waals surface area (Å²) in [6, 6.07) is 35.9. The Hall–Kier alpha value is -5.58. The zero-order chi connectivity index (χ0) is 26.5. The zero-order valence-corrected chi connectivity index (χ0v) is 21.2. The summed E-state index contributed by atoms with van der Waals surface area (Å²) in [6.07, 6.45) is 0. The van der Waals surface area contributed by atoms with Gasteiger partial charge in [-0.15, -0.1) is 0 Å². The quantitative estimate of drug-likeness (QED) is 0.153. The summed E-state index contributed by atoms with van der Waals surface area (Å²) in [7, 11) is 0. The maximum absolute atomic E-state index is 9.68. The Morgan fingerprint density at radius 2 is 1.07 bits per heavy atom. The van der Waals surface area contributed by atoms with Gasteiger partial charge in [0.2, 0.25) is 0 Å². The molecular weight excluding hydrogens is 488 g/mol. The molecule has 4 heteroatoms. The van der Waals surface area contributed by atoms with E-state index in [0.29, 0.717) is 11.3 Å². The zero-order valence-electron chi connectivity index (χ0n) is 21.2. The van der Waals surface area contributed by atoms with E-state index < -0.39 is 0 Å². The number of benzene rings is 6. The highest BCUT2D eigenvalue weighted by Gasteiger charge is 2.43. The summed E-state index contributed by atoms with van der Waals surface area (Å²) >= 11 is 0. The molecule has 0 spiro atoms. The van der Waals surface area contributed by atoms with E-state index in [1.54, 1.807) is 12.1 Å². The number of hydrogen-bond donors (Lipinski definition) is 0. The minimum Gasteiger partial charge on any atom is -0.248 e. The van der Waals surface area contributed by atoms with Crippen LogP contribution in [-0.2, 0) is 0 Å². The van der Waals surface area contributed by atoms with Crippen molar-refractivity contribution in [1.29, 1.82) is 5.26 Å². The third-order valence-electron chi connectivity index (χ3n) is 8.77. The Bertz CT molecular complexity index is 2160. The summed E-state index contributed by atoms with van der Waals surface area (Å²) < 4.78 is 0. The van der Waals surface area contributed by atoms with Gasteiger partial charge >= 0.3 is 0 Å². The van der Waals surface area contributed by atoms with Gasteiger partial charge in [0, 0.05) is 0 Å². The van der Waals surface area contributed by atoms with E-state index in [-0.39, 0.29) is 11.8 Å². The standard InChI is InChI=1S/C36H18N4/c1-38-30-11-10-19(18-37)28-14-20-12-22-16-31-32(17-23(22)13-21(20)15-29(28)30)40-36-34-26-8-4-2-6-24(26)33(35(36)39-31)25-7-3-5-9-27(25)34/h2-17,33-34H. The van der Waals surface area contributed by atoms with E-state index in [2.05, 4.69) is 83.7 Å². The monoisotopic (exact) mass is 506 g/mol. The molecule has 0 fully saturated rings. The lowest BCUT2D eigenvalue weighted by atomic mass is 9.64. The van der Waals surface area contributed by atoms with Crippen molar-refractivity contribution in [3.63, 3.8) is 0 Å². The number of fused-ring (bicyclic) bond motifs is 4. The van der Waals surface area contributed by atoms with Gasteiger partial charge in [0.05, 0.1) is 52.5 Å². The molecule has 2 bridgehead atoms. The molecule has 4 nitrogen and oxygen atoms in total. The van der Waals surface area contributed by atoms with Crippen LogP contribution >= 0.6 is 0 Å². The number of hydrogen-bond acceptors (Lipinski definition) is 3. The maximum Gasteiger partial charge on any atom is 0.195 e. The van der Waals surface area contributed by atoms with Gasteiger partial charge in [0.1, 0.15) is 0 Å². The van der Waals surface area contributed by atoms with Crippen LogP contribution in [0.1, 0.15) is 51.0 Å². The second kappa shape index (κ2) is 7.50. The number of nitrogens with zero attached hydrogens (tertiary/aromatic N) is 4. The third-order valence-corrected chi connectivity index (χ3v) is 8.77. The summed E-state index contributed by atoms with van der Waals surface area (Å²) in [6.45, 7) is 7.61. The van der Waals surface area contributed by atoms with Crippen molar-refractivity contribution in [2.24, 2.45) is 0 Å². The molecule has 1 heterocycles. The summed E-state index contributed by atoms with van der Waals surface area (Å²) in [5, 5.41) is 15.5. The number of aromatic nitrogens is 2. The van der Waals surface area contributed by atoms with E-state index in [9.17, 15) is 5.26 Å². The van der Waals surface area contributed by atoms with Gasteiger partial charge in [-0.1, -0.05) is 66.7 Å². The van der Waals surface area contributed by atoms with Crippen LogP contribution in [0, 0.1) is 17.9 Å². The Kier molecular flexibility index (Phi) is 4.01. The highest BCUT2D eigenvalue weighted by Crippen LogP contribution is 2.54. The minimum atomic E-state index is 0.0870. The lowest BCUT2D eigenvalue weighted by molar-refractivity contribution is 0.709. The largest absolute Gasteiger partial charge is 0.248 e. The Morgan fingerprint density at radius 3 is 1.55 bits per heavy atom. The van der Waals surface area contributed by atoms with Gasteiger partial charge in [-0.05, 0) is 84.9 Å². The lowest BCUT2D eigenvalue weighted by Gasteiger charge is -2.40. The van der Waals surface area contributed by atoms with Crippen LogP contribution in [0.5, 0.6) is 0 Å². The second-order valence-electron chi connectivity index (χ2n) is 10.8. The first-order chi connectivity index (χ1) is 19.7. The maximum atomic E-state index is 9.68. The van der Waals surface area contributed by atoms with Gasteiger partial charge in [-0.25, -0.2) is 14.8 Å².